The van der Waals surface area contributed by atoms with Crippen LogP contribution in [0.4, 0.5) is 10.1 Å². The van der Waals surface area contributed by atoms with Crippen molar-refractivity contribution < 1.29 is 22.0 Å². The molecule has 2 heterocycles. The number of anilines is 1. The maximum absolute atomic E-state index is 14.3. The lowest BCUT2D eigenvalue weighted by atomic mass is 9.90. The molecule has 0 amide bonds. The number of fused-ring (bicyclic) bond motifs is 1. The molecule has 0 aliphatic carbocycles. The number of aromatic amines is 1. The highest BCUT2D eigenvalue weighted by Crippen LogP contribution is 2.42. The number of rotatable bonds is 6. The summed E-state index contributed by atoms with van der Waals surface area (Å²) in [6.45, 7) is 3.83. The SMILES string of the molecule is Cc1c(F)ccc(Cl)c1C(C)C(NS(=O)(=O)c1ccc(Cl)c2c1OCCN2)c1n[nH]c(=O)o1. The molecule has 3 aromatic rings. The molecule has 33 heavy (non-hydrogen) atoms. The van der Waals surface area contributed by atoms with Gasteiger partial charge in [0.15, 0.2) is 5.75 Å². The molecule has 0 bridgehead atoms. The Morgan fingerprint density at radius 1 is 1.21 bits per heavy atom. The van der Waals surface area contributed by atoms with Crippen molar-refractivity contribution in [2.75, 3.05) is 18.5 Å². The molecule has 0 spiro atoms. The van der Waals surface area contributed by atoms with Crippen molar-refractivity contribution in [1.82, 2.24) is 14.9 Å². The van der Waals surface area contributed by atoms with Gasteiger partial charge in [-0.05, 0) is 42.3 Å². The number of halogens is 3. The Morgan fingerprint density at radius 3 is 2.64 bits per heavy atom. The van der Waals surface area contributed by atoms with Crippen LogP contribution in [-0.2, 0) is 10.0 Å². The van der Waals surface area contributed by atoms with E-state index in [2.05, 4.69) is 20.2 Å². The minimum Gasteiger partial charge on any atom is -0.488 e. The molecule has 0 saturated carbocycles. The highest BCUT2D eigenvalue weighted by Gasteiger charge is 2.35. The summed E-state index contributed by atoms with van der Waals surface area (Å²) >= 11 is 12.5. The average molecular weight is 517 g/mol. The number of nitrogens with one attached hydrogen (secondary N) is 3. The van der Waals surface area contributed by atoms with Crippen molar-refractivity contribution in [2.24, 2.45) is 0 Å². The Hall–Kier alpha value is -2.60. The lowest BCUT2D eigenvalue weighted by Crippen LogP contribution is -2.33. The zero-order chi connectivity index (χ0) is 23.9. The number of aromatic nitrogens is 2. The molecule has 0 radical (unpaired) electrons. The highest BCUT2D eigenvalue weighted by molar-refractivity contribution is 7.89. The first-order valence-corrected chi connectivity index (χ1v) is 12.1. The van der Waals surface area contributed by atoms with E-state index in [4.69, 9.17) is 32.4 Å². The minimum absolute atomic E-state index is 0.0658. The van der Waals surface area contributed by atoms with E-state index in [1.807, 2.05) is 0 Å². The van der Waals surface area contributed by atoms with Crippen molar-refractivity contribution in [3.05, 3.63) is 67.7 Å². The highest BCUT2D eigenvalue weighted by atomic mass is 35.5. The van der Waals surface area contributed by atoms with Crippen LogP contribution < -0.4 is 20.5 Å². The van der Waals surface area contributed by atoms with Gasteiger partial charge in [-0.2, -0.15) is 4.72 Å². The van der Waals surface area contributed by atoms with Crippen molar-refractivity contribution in [3.8, 4) is 5.75 Å². The van der Waals surface area contributed by atoms with Crippen LogP contribution in [0.15, 0.2) is 38.4 Å². The fourth-order valence-electron chi connectivity index (χ4n) is 3.75. The second kappa shape index (κ2) is 8.98. The molecule has 2 atom stereocenters. The third-order valence-corrected chi connectivity index (χ3v) is 7.47. The number of benzene rings is 2. The number of hydrogen-bond donors (Lipinski definition) is 3. The summed E-state index contributed by atoms with van der Waals surface area (Å²) < 4.78 is 54.3. The first kappa shape index (κ1) is 23.6. The Kier molecular flexibility index (Phi) is 6.41. The van der Waals surface area contributed by atoms with E-state index in [1.54, 1.807) is 6.92 Å². The predicted molar refractivity (Wildman–Crippen MR) is 120 cm³/mol. The topological polar surface area (TPSA) is 126 Å². The van der Waals surface area contributed by atoms with Gasteiger partial charge >= 0.3 is 5.76 Å². The second-order valence-corrected chi connectivity index (χ2v) is 9.93. The number of nitrogens with zero attached hydrogens (tertiary/aromatic N) is 1. The zero-order valence-corrected chi connectivity index (χ0v) is 19.7. The Balaban J connectivity index is 1.81. The molecule has 2 aromatic carbocycles. The third kappa shape index (κ3) is 4.45. The van der Waals surface area contributed by atoms with Gasteiger partial charge in [0.05, 0.1) is 10.7 Å². The van der Waals surface area contributed by atoms with E-state index >= 15 is 0 Å². The molecule has 1 aromatic heterocycles. The third-order valence-electron chi connectivity index (χ3n) is 5.36. The van der Waals surface area contributed by atoms with Crippen LogP contribution >= 0.6 is 23.2 Å². The van der Waals surface area contributed by atoms with E-state index in [-0.39, 0.29) is 33.7 Å². The van der Waals surface area contributed by atoms with Gasteiger partial charge in [-0.25, -0.2) is 22.7 Å². The number of sulfonamides is 1. The molecule has 13 heteroatoms. The summed E-state index contributed by atoms with van der Waals surface area (Å²) in [5.74, 6) is -2.34. The summed E-state index contributed by atoms with van der Waals surface area (Å²) in [6, 6.07) is 4.11. The Bertz CT molecular complexity index is 1380. The number of hydrogen-bond acceptors (Lipinski definition) is 7. The summed E-state index contributed by atoms with van der Waals surface area (Å²) in [4.78, 5) is 11.4. The molecular formula is C20H19Cl2FN4O5S. The molecule has 176 valence electrons. The lowest BCUT2D eigenvalue weighted by Gasteiger charge is -2.26. The molecule has 3 N–H and O–H groups in total. The smallest absolute Gasteiger partial charge is 0.434 e. The van der Waals surface area contributed by atoms with Crippen LogP contribution in [0.25, 0.3) is 0 Å². The molecule has 0 fully saturated rings. The normalized spacial score (nSPS) is 15.3. The van der Waals surface area contributed by atoms with Crippen molar-refractivity contribution in [2.45, 2.75) is 30.7 Å². The van der Waals surface area contributed by atoms with Gasteiger partial charge in [-0.15, -0.1) is 5.10 Å². The van der Waals surface area contributed by atoms with E-state index < -0.39 is 33.6 Å². The summed E-state index contributed by atoms with van der Waals surface area (Å²) in [7, 11) is -4.27. The van der Waals surface area contributed by atoms with Crippen molar-refractivity contribution >= 4 is 38.9 Å². The van der Waals surface area contributed by atoms with Gasteiger partial charge in [0, 0.05) is 17.5 Å². The van der Waals surface area contributed by atoms with E-state index in [9.17, 15) is 17.6 Å². The molecule has 0 saturated heterocycles. The number of H-pyrrole nitrogens is 1. The van der Waals surface area contributed by atoms with Crippen LogP contribution in [0.3, 0.4) is 0 Å². The zero-order valence-electron chi connectivity index (χ0n) is 17.4. The summed E-state index contributed by atoms with van der Waals surface area (Å²) in [5, 5.41) is 9.44. The van der Waals surface area contributed by atoms with Crippen molar-refractivity contribution in [1.29, 1.82) is 0 Å². The summed E-state index contributed by atoms with van der Waals surface area (Å²) in [5.41, 5.74) is 0.922. The average Bonchev–Trinajstić information content (AvgIpc) is 3.21. The molecule has 1 aliphatic heterocycles. The van der Waals surface area contributed by atoms with Crippen LogP contribution in [0, 0.1) is 12.7 Å². The maximum atomic E-state index is 14.3. The summed E-state index contributed by atoms with van der Waals surface area (Å²) in [6.07, 6.45) is 0. The molecule has 1 aliphatic rings. The molecular weight excluding hydrogens is 498 g/mol. The van der Waals surface area contributed by atoms with E-state index in [0.717, 1.165) is 0 Å². The van der Waals surface area contributed by atoms with Gasteiger partial charge in [0.1, 0.15) is 23.4 Å². The van der Waals surface area contributed by atoms with Crippen molar-refractivity contribution in [3.63, 3.8) is 0 Å². The molecule has 9 nitrogen and oxygen atoms in total. The van der Waals surface area contributed by atoms with Gasteiger partial charge in [0.25, 0.3) is 0 Å². The fourth-order valence-corrected chi connectivity index (χ4v) is 5.77. The van der Waals surface area contributed by atoms with Crippen LogP contribution in [0.2, 0.25) is 10.0 Å². The van der Waals surface area contributed by atoms with E-state index in [0.29, 0.717) is 22.8 Å². The Labute approximate surface area is 198 Å². The van der Waals surface area contributed by atoms with Gasteiger partial charge in [-0.1, -0.05) is 30.1 Å². The molecule has 4 rings (SSSR count). The fraction of sp³-hybridized carbons (Fsp3) is 0.300. The lowest BCUT2D eigenvalue weighted by molar-refractivity contribution is 0.314. The number of ether oxygens (including phenoxy) is 1. The largest absolute Gasteiger partial charge is 0.488 e. The Morgan fingerprint density at radius 2 is 1.94 bits per heavy atom. The van der Waals surface area contributed by atoms with Gasteiger partial charge in [-0.3, -0.25) is 0 Å². The van der Waals surface area contributed by atoms with Crippen LogP contribution in [0.5, 0.6) is 5.75 Å². The monoisotopic (exact) mass is 516 g/mol. The first-order chi connectivity index (χ1) is 15.6. The van der Waals surface area contributed by atoms with Gasteiger partial charge < -0.3 is 14.5 Å². The first-order valence-electron chi connectivity index (χ1n) is 9.81. The van der Waals surface area contributed by atoms with Crippen LogP contribution in [-0.4, -0.2) is 31.8 Å². The maximum Gasteiger partial charge on any atom is 0.434 e. The predicted octanol–water partition coefficient (Wildman–Crippen LogP) is 3.74. The minimum atomic E-state index is -4.27. The standard InChI is InChI=1S/C20H19Cl2FN4O5S/c1-9-13(23)5-3-11(21)15(9)10(2)16(19-25-26-20(28)32-19)27-33(29,30)14-6-4-12(22)17-18(14)31-8-7-24-17/h3-6,10,16,24,27H,7-8H2,1-2H3,(H,26,28). The van der Waals surface area contributed by atoms with Gasteiger partial charge in [0.2, 0.25) is 15.9 Å². The second-order valence-electron chi connectivity index (χ2n) is 7.43. The van der Waals surface area contributed by atoms with E-state index in [1.165, 1.54) is 31.2 Å². The molecule has 2 unspecified atom stereocenters. The quantitative estimate of drug-likeness (QED) is 0.455. The van der Waals surface area contributed by atoms with Crippen LogP contribution in [0.1, 0.15) is 35.9 Å².